The van der Waals surface area contributed by atoms with Gasteiger partial charge in [0.1, 0.15) is 11.9 Å². The van der Waals surface area contributed by atoms with Crippen molar-refractivity contribution in [3.63, 3.8) is 0 Å². The lowest BCUT2D eigenvalue weighted by atomic mass is 9.99. The van der Waals surface area contributed by atoms with Crippen LogP contribution in [-0.4, -0.2) is 85.9 Å². The Bertz CT molecular complexity index is 1000. The van der Waals surface area contributed by atoms with Crippen molar-refractivity contribution < 1.29 is 41.0 Å². The van der Waals surface area contributed by atoms with Crippen LogP contribution < -0.4 is 10.1 Å². The molecule has 13 heteroatoms. The molecule has 1 aliphatic rings. The van der Waals surface area contributed by atoms with Crippen LogP contribution in [0.5, 0.6) is 5.75 Å². The van der Waals surface area contributed by atoms with Crippen LogP contribution in [0.3, 0.4) is 0 Å². The number of anilines is 1. The SMILES string of the molecule is C[C@@H]1CN([C@@H](C)CO)C(=O)c2cc(NC(=O)CCC(F)(F)F)ccc2O[C@H]1CN(C)S(C)(=O)=O. The number of aliphatic hydroxyl groups is 1. The van der Waals surface area contributed by atoms with Crippen molar-refractivity contribution in [3.05, 3.63) is 23.8 Å². The van der Waals surface area contributed by atoms with Gasteiger partial charge in [-0.15, -0.1) is 0 Å². The lowest BCUT2D eigenvalue weighted by Gasteiger charge is -2.38. The van der Waals surface area contributed by atoms with E-state index in [1.165, 1.54) is 30.1 Å². The van der Waals surface area contributed by atoms with Gasteiger partial charge in [0.05, 0.1) is 37.4 Å². The molecule has 1 heterocycles. The zero-order valence-electron chi connectivity index (χ0n) is 19.4. The number of fused-ring (bicyclic) bond motifs is 1. The summed E-state index contributed by atoms with van der Waals surface area (Å²) in [6.45, 7) is 3.28. The number of amides is 2. The highest BCUT2D eigenvalue weighted by Crippen LogP contribution is 2.31. The monoisotopic (exact) mass is 509 g/mol. The van der Waals surface area contributed by atoms with Crippen molar-refractivity contribution in [2.45, 2.75) is 45.0 Å². The van der Waals surface area contributed by atoms with Gasteiger partial charge < -0.3 is 20.1 Å². The molecular weight excluding hydrogens is 479 g/mol. The predicted molar refractivity (Wildman–Crippen MR) is 119 cm³/mol. The number of rotatable bonds is 8. The normalized spacial score (nSPS) is 20.3. The van der Waals surface area contributed by atoms with Crippen LogP contribution in [0, 0.1) is 5.92 Å². The predicted octanol–water partition coefficient (Wildman–Crippen LogP) is 2.08. The van der Waals surface area contributed by atoms with Gasteiger partial charge in [0.15, 0.2) is 0 Å². The fraction of sp³-hybridized carbons (Fsp3) is 0.619. The number of hydrogen-bond acceptors (Lipinski definition) is 6. The first kappa shape index (κ1) is 27.9. The van der Waals surface area contributed by atoms with Gasteiger partial charge in [0.2, 0.25) is 15.9 Å². The molecule has 1 aromatic carbocycles. The number of benzene rings is 1. The van der Waals surface area contributed by atoms with Crippen molar-refractivity contribution in [2.24, 2.45) is 5.92 Å². The number of carbonyl (C=O) groups excluding carboxylic acids is 2. The molecular formula is C21H30F3N3O6S. The van der Waals surface area contributed by atoms with E-state index in [4.69, 9.17) is 4.74 Å². The summed E-state index contributed by atoms with van der Waals surface area (Å²) in [4.78, 5) is 26.6. The quantitative estimate of drug-likeness (QED) is 0.554. The minimum absolute atomic E-state index is 0.00487. The number of nitrogens with one attached hydrogen (secondary N) is 1. The molecule has 0 bridgehead atoms. The Morgan fingerprint density at radius 1 is 1.38 bits per heavy atom. The Labute approximate surface area is 196 Å². The maximum atomic E-state index is 13.3. The number of nitrogens with zero attached hydrogens (tertiary/aromatic N) is 2. The fourth-order valence-electron chi connectivity index (χ4n) is 3.39. The summed E-state index contributed by atoms with van der Waals surface area (Å²) in [7, 11) is -2.09. The highest BCUT2D eigenvalue weighted by Gasteiger charge is 2.34. The van der Waals surface area contributed by atoms with Gasteiger partial charge >= 0.3 is 6.18 Å². The third-order valence-electron chi connectivity index (χ3n) is 5.59. The van der Waals surface area contributed by atoms with E-state index in [9.17, 15) is 36.3 Å². The van der Waals surface area contributed by atoms with Crippen molar-refractivity contribution in [1.29, 1.82) is 0 Å². The Kier molecular flexibility index (Phi) is 8.94. The Hall–Kier alpha value is -2.38. The molecule has 9 nitrogen and oxygen atoms in total. The molecule has 0 aliphatic carbocycles. The largest absolute Gasteiger partial charge is 0.488 e. The third kappa shape index (κ3) is 7.57. The number of ether oxygens (including phenoxy) is 1. The Morgan fingerprint density at radius 2 is 2.03 bits per heavy atom. The average Bonchev–Trinajstić information content (AvgIpc) is 2.73. The topological polar surface area (TPSA) is 116 Å². The molecule has 2 rings (SSSR count). The van der Waals surface area contributed by atoms with Gasteiger partial charge in [0.25, 0.3) is 5.91 Å². The van der Waals surface area contributed by atoms with Crippen LogP contribution >= 0.6 is 0 Å². The second-order valence-corrected chi connectivity index (χ2v) is 10.6. The average molecular weight is 510 g/mol. The maximum absolute atomic E-state index is 13.3. The number of likely N-dealkylation sites (N-methyl/N-ethyl adjacent to an activating group) is 1. The zero-order chi connectivity index (χ0) is 25.8. The molecule has 0 unspecified atom stereocenters. The van der Waals surface area contributed by atoms with Crippen LogP contribution in [-0.2, 0) is 14.8 Å². The van der Waals surface area contributed by atoms with E-state index in [0.29, 0.717) is 0 Å². The van der Waals surface area contributed by atoms with Crippen LogP contribution in [0.4, 0.5) is 18.9 Å². The number of carbonyl (C=O) groups is 2. The number of hydrogen-bond donors (Lipinski definition) is 2. The van der Waals surface area contributed by atoms with Crippen molar-refractivity contribution in [2.75, 3.05) is 38.3 Å². The van der Waals surface area contributed by atoms with Crippen molar-refractivity contribution in [1.82, 2.24) is 9.21 Å². The second kappa shape index (κ2) is 10.9. The smallest absolute Gasteiger partial charge is 0.389 e. The zero-order valence-corrected chi connectivity index (χ0v) is 20.2. The van der Waals surface area contributed by atoms with E-state index in [1.807, 2.05) is 0 Å². The first-order valence-corrected chi connectivity index (χ1v) is 12.5. The number of aliphatic hydroxyl groups excluding tert-OH is 1. The Balaban J connectivity index is 2.39. The van der Waals surface area contributed by atoms with Gasteiger partial charge in [-0.25, -0.2) is 12.7 Å². The molecule has 0 saturated heterocycles. The molecule has 0 radical (unpaired) electrons. The lowest BCUT2D eigenvalue weighted by molar-refractivity contribution is -0.142. The molecule has 34 heavy (non-hydrogen) atoms. The molecule has 0 saturated carbocycles. The highest BCUT2D eigenvalue weighted by molar-refractivity contribution is 7.88. The van der Waals surface area contributed by atoms with Crippen molar-refractivity contribution in [3.8, 4) is 5.75 Å². The molecule has 2 N–H and O–H groups in total. The summed E-state index contributed by atoms with van der Waals surface area (Å²) in [6.07, 6.45) is -6.10. The molecule has 192 valence electrons. The van der Waals surface area contributed by atoms with E-state index in [-0.39, 0.29) is 42.6 Å². The number of alkyl halides is 3. The van der Waals surface area contributed by atoms with Gasteiger partial charge in [-0.1, -0.05) is 6.92 Å². The van der Waals surface area contributed by atoms with Gasteiger partial charge in [-0.05, 0) is 25.1 Å². The maximum Gasteiger partial charge on any atom is 0.389 e. The number of sulfonamides is 1. The fourth-order valence-corrected chi connectivity index (χ4v) is 3.80. The molecule has 3 atom stereocenters. The lowest BCUT2D eigenvalue weighted by Crippen LogP contribution is -2.50. The first-order valence-electron chi connectivity index (χ1n) is 10.6. The molecule has 0 spiro atoms. The number of halogens is 3. The van der Waals surface area contributed by atoms with Crippen LogP contribution in [0.25, 0.3) is 0 Å². The van der Waals surface area contributed by atoms with Gasteiger partial charge in [-0.3, -0.25) is 9.59 Å². The summed E-state index contributed by atoms with van der Waals surface area (Å²) in [6, 6.07) is 3.52. The van der Waals surface area contributed by atoms with E-state index >= 15 is 0 Å². The summed E-state index contributed by atoms with van der Waals surface area (Å²) in [5.41, 5.74) is 0.144. The van der Waals surface area contributed by atoms with E-state index in [0.717, 1.165) is 10.6 Å². The molecule has 2 amide bonds. The highest BCUT2D eigenvalue weighted by atomic mass is 32.2. The first-order chi connectivity index (χ1) is 15.6. The van der Waals surface area contributed by atoms with Gasteiger partial charge in [0, 0.05) is 31.6 Å². The van der Waals surface area contributed by atoms with Gasteiger partial charge in [-0.2, -0.15) is 13.2 Å². The molecule has 1 aliphatic heterocycles. The summed E-state index contributed by atoms with van der Waals surface area (Å²) < 4.78 is 68.1. The van der Waals surface area contributed by atoms with E-state index in [2.05, 4.69) is 5.32 Å². The minimum atomic E-state index is -4.47. The van der Waals surface area contributed by atoms with Crippen LogP contribution in [0.1, 0.15) is 37.0 Å². The minimum Gasteiger partial charge on any atom is -0.488 e. The van der Waals surface area contributed by atoms with E-state index in [1.54, 1.807) is 13.8 Å². The molecule has 0 aromatic heterocycles. The van der Waals surface area contributed by atoms with E-state index < -0.39 is 53.0 Å². The summed E-state index contributed by atoms with van der Waals surface area (Å²) in [5.74, 6) is -1.54. The van der Waals surface area contributed by atoms with Crippen LogP contribution in [0.15, 0.2) is 18.2 Å². The molecule has 0 fully saturated rings. The summed E-state index contributed by atoms with van der Waals surface area (Å²) in [5, 5.41) is 12.0. The standard InChI is InChI=1S/C21H30F3N3O6S/c1-13-10-27(14(2)12-28)20(30)16-9-15(25-19(29)7-8-21(22,23)24)5-6-17(16)33-18(13)11-26(3)34(4,31)32/h5-6,9,13-14,18,28H,7-8,10-12H2,1-4H3,(H,25,29)/t13-,14+,18+/m1/s1. The van der Waals surface area contributed by atoms with Crippen molar-refractivity contribution >= 4 is 27.5 Å². The Morgan fingerprint density at radius 3 is 2.59 bits per heavy atom. The van der Waals surface area contributed by atoms with Crippen LogP contribution in [0.2, 0.25) is 0 Å². The third-order valence-corrected chi connectivity index (χ3v) is 6.87. The summed E-state index contributed by atoms with van der Waals surface area (Å²) >= 11 is 0. The molecule has 1 aromatic rings. The second-order valence-electron chi connectivity index (χ2n) is 8.54.